The lowest BCUT2D eigenvalue weighted by atomic mass is 9.92. The van der Waals surface area contributed by atoms with E-state index in [9.17, 15) is 5.11 Å². The van der Waals surface area contributed by atoms with Crippen LogP contribution in [0.3, 0.4) is 0 Å². The van der Waals surface area contributed by atoms with Crippen molar-refractivity contribution in [2.75, 3.05) is 6.61 Å². The first-order valence-electron chi connectivity index (χ1n) is 6.89. The van der Waals surface area contributed by atoms with Crippen molar-refractivity contribution in [1.82, 2.24) is 5.32 Å². The van der Waals surface area contributed by atoms with Crippen LogP contribution in [0.5, 0.6) is 0 Å². The monoisotopic (exact) mass is 229 g/mol. The molecular weight excluding hydrogens is 198 g/mol. The lowest BCUT2D eigenvalue weighted by molar-refractivity contribution is 0.144. The van der Waals surface area contributed by atoms with Crippen LogP contribution in [0.15, 0.2) is 0 Å². The third-order valence-electron chi connectivity index (χ3n) is 3.58. The molecule has 0 bridgehead atoms. The van der Waals surface area contributed by atoms with Gasteiger partial charge in [0.1, 0.15) is 0 Å². The molecule has 0 heterocycles. The Balaban J connectivity index is 4.26. The van der Waals surface area contributed by atoms with E-state index in [1.54, 1.807) is 0 Å². The molecule has 0 saturated heterocycles. The van der Waals surface area contributed by atoms with Crippen LogP contribution in [0, 0.1) is 5.92 Å². The number of aliphatic hydroxyl groups excluding tert-OH is 1. The van der Waals surface area contributed by atoms with Gasteiger partial charge in [-0.3, -0.25) is 0 Å². The minimum absolute atomic E-state index is 0.0944. The highest BCUT2D eigenvalue weighted by Gasteiger charge is 2.25. The molecule has 0 fully saturated rings. The maximum Gasteiger partial charge on any atom is 0.0610 e. The second-order valence-electron chi connectivity index (χ2n) is 5.47. The van der Waals surface area contributed by atoms with E-state index in [-0.39, 0.29) is 12.1 Å². The molecule has 0 amide bonds. The van der Waals surface area contributed by atoms with Crippen LogP contribution in [0.4, 0.5) is 0 Å². The van der Waals surface area contributed by atoms with Gasteiger partial charge in [0.25, 0.3) is 0 Å². The van der Waals surface area contributed by atoms with Crippen LogP contribution in [-0.4, -0.2) is 23.3 Å². The molecule has 0 aliphatic rings. The molecule has 98 valence electrons. The summed E-state index contributed by atoms with van der Waals surface area (Å²) >= 11 is 0. The molecule has 0 radical (unpaired) electrons. The first-order valence-corrected chi connectivity index (χ1v) is 6.89. The molecule has 0 rings (SSSR count). The zero-order chi connectivity index (χ0) is 12.6. The van der Waals surface area contributed by atoms with Crippen LogP contribution >= 0.6 is 0 Å². The van der Waals surface area contributed by atoms with Gasteiger partial charge < -0.3 is 10.4 Å². The Kier molecular flexibility index (Phi) is 8.04. The summed E-state index contributed by atoms with van der Waals surface area (Å²) < 4.78 is 0. The topological polar surface area (TPSA) is 32.3 Å². The first-order chi connectivity index (χ1) is 7.51. The Labute approximate surface area is 102 Å². The molecule has 0 aromatic carbocycles. The standard InChI is InChI=1S/C14H31NO/c1-6-9-14(5,11-16)15-13(8-3)10-12(4)7-2/h12-13,15-16H,6-11H2,1-5H3. The number of hydrogen-bond donors (Lipinski definition) is 2. The third-order valence-corrected chi connectivity index (χ3v) is 3.58. The molecule has 0 aromatic heterocycles. The SMILES string of the molecule is CCCC(C)(CO)NC(CC)CC(C)CC. The van der Waals surface area contributed by atoms with Crippen LogP contribution < -0.4 is 5.32 Å². The van der Waals surface area contributed by atoms with Crippen molar-refractivity contribution in [2.24, 2.45) is 5.92 Å². The summed E-state index contributed by atoms with van der Waals surface area (Å²) in [6.45, 7) is 11.3. The summed E-state index contributed by atoms with van der Waals surface area (Å²) in [5, 5.41) is 13.1. The molecule has 3 atom stereocenters. The van der Waals surface area contributed by atoms with Gasteiger partial charge in [0.05, 0.1) is 6.61 Å². The van der Waals surface area contributed by atoms with Crippen molar-refractivity contribution >= 4 is 0 Å². The molecule has 3 unspecified atom stereocenters. The average molecular weight is 229 g/mol. The minimum Gasteiger partial charge on any atom is -0.394 e. The number of aliphatic hydroxyl groups is 1. The second-order valence-corrected chi connectivity index (χ2v) is 5.47. The van der Waals surface area contributed by atoms with Crippen LogP contribution in [-0.2, 0) is 0 Å². The number of nitrogens with one attached hydrogen (secondary N) is 1. The number of hydrogen-bond acceptors (Lipinski definition) is 2. The summed E-state index contributed by atoms with van der Waals surface area (Å²) in [6.07, 6.45) is 5.75. The quantitative estimate of drug-likeness (QED) is 0.635. The first kappa shape index (κ1) is 15.9. The van der Waals surface area contributed by atoms with E-state index in [4.69, 9.17) is 0 Å². The van der Waals surface area contributed by atoms with Gasteiger partial charge in [-0.25, -0.2) is 0 Å². The maximum absolute atomic E-state index is 9.49. The zero-order valence-electron chi connectivity index (χ0n) is 11.8. The molecule has 0 aromatic rings. The minimum atomic E-state index is -0.0944. The summed E-state index contributed by atoms with van der Waals surface area (Å²) in [6, 6.07) is 0.540. The van der Waals surface area contributed by atoms with E-state index >= 15 is 0 Å². The fourth-order valence-corrected chi connectivity index (χ4v) is 2.22. The van der Waals surface area contributed by atoms with Gasteiger partial charge >= 0.3 is 0 Å². The third kappa shape index (κ3) is 5.86. The molecule has 2 nitrogen and oxygen atoms in total. The van der Waals surface area contributed by atoms with E-state index in [1.165, 1.54) is 12.8 Å². The van der Waals surface area contributed by atoms with Crippen molar-refractivity contribution < 1.29 is 5.11 Å². The van der Waals surface area contributed by atoms with Gasteiger partial charge in [-0.15, -0.1) is 0 Å². The Bertz CT molecular complexity index is 172. The van der Waals surface area contributed by atoms with Crippen molar-refractivity contribution in [3.63, 3.8) is 0 Å². The van der Waals surface area contributed by atoms with Crippen LogP contribution in [0.1, 0.15) is 66.7 Å². The predicted octanol–water partition coefficient (Wildman–Crippen LogP) is 3.34. The fraction of sp³-hybridized carbons (Fsp3) is 1.00. The molecule has 0 saturated carbocycles. The second kappa shape index (κ2) is 8.08. The summed E-state index contributed by atoms with van der Waals surface area (Å²) in [5.74, 6) is 0.766. The van der Waals surface area contributed by atoms with E-state index < -0.39 is 0 Å². The molecule has 0 aliphatic heterocycles. The van der Waals surface area contributed by atoms with Crippen molar-refractivity contribution in [1.29, 1.82) is 0 Å². The molecular formula is C14H31NO. The van der Waals surface area contributed by atoms with E-state index in [1.807, 2.05) is 0 Å². The van der Waals surface area contributed by atoms with Crippen molar-refractivity contribution in [2.45, 2.75) is 78.3 Å². The van der Waals surface area contributed by atoms with Crippen LogP contribution in [0.25, 0.3) is 0 Å². The summed E-state index contributed by atoms with van der Waals surface area (Å²) in [7, 11) is 0. The highest BCUT2D eigenvalue weighted by molar-refractivity contribution is 4.85. The average Bonchev–Trinajstić information content (AvgIpc) is 2.28. The Hall–Kier alpha value is -0.0800. The molecule has 0 spiro atoms. The molecule has 0 aliphatic carbocycles. The fourth-order valence-electron chi connectivity index (χ4n) is 2.22. The zero-order valence-corrected chi connectivity index (χ0v) is 11.8. The van der Waals surface area contributed by atoms with Crippen molar-refractivity contribution in [3.05, 3.63) is 0 Å². The number of rotatable bonds is 9. The Morgan fingerprint density at radius 1 is 1.19 bits per heavy atom. The van der Waals surface area contributed by atoms with Gasteiger partial charge in [-0.2, -0.15) is 0 Å². The predicted molar refractivity (Wildman–Crippen MR) is 71.7 cm³/mol. The summed E-state index contributed by atoms with van der Waals surface area (Å²) in [4.78, 5) is 0. The van der Waals surface area contributed by atoms with E-state index in [0.29, 0.717) is 6.04 Å². The maximum atomic E-state index is 9.49. The molecule has 2 N–H and O–H groups in total. The van der Waals surface area contributed by atoms with Gasteiger partial charge in [0.2, 0.25) is 0 Å². The lowest BCUT2D eigenvalue weighted by Gasteiger charge is -2.34. The van der Waals surface area contributed by atoms with E-state index in [0.717, 1.165) is 25.2 Å². The van der Waals surface area contributed by atoms with Crippen LogP contribution in [0.2, 0.25) is 0 Å². The highest BCUT2D eigenvalue weighted by Crippen LogP contribution is 2.18. The lowest BCUT2D eigenvalue weighted by Crippen LogP contribution is -2.51. The van der Waals surface area contributed by atoms with Gasteiger partial charge in [0, 0.05) is 11.6 Å². The summed E-state index contributed by atoms with van der Waals surface area (Å²) in [5.41, 5.74) is -0.0944. The van der Waals surface area contributed by atoms with Gasteiger partial charge in [-0.05, 0) is 32.1 Å². The van der Waals surface area contributed by atoms with E-state index in [2.05, 4.69) is 39.9 Å². The van der Waals surface area contributed by atoms with Gasteiger partial charge in [0.15, 0.2) is 0 Å². The molecule has 2 heteroatoms. The molecule has 16 heavy (non-hydrogen) atoms. The highest BCUT2D eigenvalue weighted by atomic mass is 16.3. The van der Waals surface area contributed by atoms with Crippen molar-refractivity contribution in [3.8, 4) is 0 Å². The van der Waals surface area contributed by atoms with Gasteiger partial charge in [-0.1, -0.05) is 40.5 Å². The Morgan fingerprint density at radius 2 is 1.81 bits per heavy atom. The largest absolute Gasteiger partial charge is 0.394 e. The smallest absolute Gasteiger partial charge is 0.0610 e. The Morgan fingerprint density at radius 3 is 2.19 bits per heavy atom. The normalized spacial score (nSPS) is 19.1.